The Morgan fingerprint density at radius 3 is 2.76 bits per heavy atom. The molecule has 1 aliphatic heterocycles. The van der Waals surface area contributed by atoms with E-state index in [0.29, 0.717) is 6.54 Å². The predicted octanol–water partition coefficient (Wildman–Crippen LogP) is 2.45. The predicted molar refractivity (Wildman–Crippen MR) is 99.6 cm³/mol. The molecule has 3 rings (SSSR count). The van der Waals surface area contributed by atoms with Crippen molar-refractivity contribution in [1.29, 1.82) is 0 Å². The number of nitrogens with zero attached hydrogens (tertiary/aromatic N) is 3. The standard InChI is InChI=1S/C19H27N5O/c1-3-15-5-4-6-18(11-15)24-9-7-17(8-10-24)22-19(25)20-12-16-13-21-23(2)14-16/h4-6,11,13-14,17H,3,7-10,12H2,1-2H3,(H2,20,22,25). The Balaban J connectivity index is 1.43. The summed E-state index contributed by atoms with van der Waals surface area (Å²) in [7, 11) is 1.87. The Hall–Kier alpha value is -2.50. The molecule has 25 heavy (non-hydrogen) atoms. The first-order valence-corrected chi connectivity index (χ1v) is 9.00. The summed E-state index contributed by atoms with van der Waals surface area (Å²) in [6.07, 6.45) is 6.67. The van der Waals surface area contributed by atoms with Gasteiger partial charge in [0, 0.05) is 50.2 Å². The first kappa shape index (κ1) is 17.3. The second kappa shape index (κ2) is 8.05. The molecular weight excluding hydrogens is 314 g/mol. The number of rotatable bonds is 5. The van der Waals surface area contributed by atoms with Gasteiger partial charge < -0.3 is 15.5 Å². The number of amides is 2. The molecule has 1 aromatic carbocycles. The van der Waals surface area contributed by atoms with E-state index in [9.17, 15) is 4.79 Å². The minimum absolute atomic E-state index is 0.102. The van der Waals surface area contributed by atoms with Crippen LogP contribution in [0.5, 0.6) is 0 Å². The van der Waals surface area contributed by atoms with Gasteiger partial charge in [-0.15, -0.1) is 0 Å². The molecule has 1 saturated heterocycles. The summed E-state index contributed by atoms with van der Waals surface area (Å²) in [5, 5.41) is 10.1. The molecule has 0 aliphatic carbocycles. The Kier molecular flexibility index (Phi) is 5.58. The van der Waals surface area contributed by atoms with E-state index in [2.05, 4.69) is 51.8 Å². The maximum Gasteiger partial charge on any atom is 0.315 e. The SMILES string of the molecule is CCc1cccc(N2CCC(NC(=O)NCc3cnn(C)c3)CC2)c1. The lowest BCUT2D eigenvalue weighted by atomic mass is 10.0. The molecule has 0 bridgehead atoms. The molecule has 2 heterocycles. The largest absolute Gasteiger partial charge is 0.371 e. The lowest BCUT2D eigenvalue weighted by molar-refractivity contribution is 0.234. The quantitative estimate of drug-likeness (QED) is 0.878. The van der Waals surface area contributed by atoms with Crippen molar-refractivity contribution in [3.8, 4) is 0 Å². The van der Waals surface area contributed by atoms with Crippen LogP contribution in [0.15, 0.2) is 36.7 Å². The van der Waals surface area contributed by atoms with E-state index in [0.717, 1.165) is 37.9 Å². The molecule has 2 aromatic rings. The van der Waals surface area contributed by atoms with Crippen LogP contribution in [-0.4, -0.2) is 34.9 Å². The van der Waals surface area contributed by atoms with Gasteiger partial charge in [0.1, 0.15) is 0 Å². The third-order valence-corrected chi connectivity index (χ3v) is 4.73. The van der Waals surface area contributed by atoms with Crippen LogP contribution in [0.4, 0.5) is 10.5 Å². The molecule has 2 amide bonds. The van der Waals surface area contributed by atoms with Crippen LogP contribution in [-0.2, 0) is 20.0 Å². The van der Waals surface area contributed by atoms with Crippen molar-refractivity contribution < 1.29 is 4.79 Å². The van der Waals surface area contributed by atoms with Crippen LogP contribution >= 0.6 is 0 Å². The van der Waals surface area contributed by atoms with E-state index in [1.165, 1.54) is 11.3 Å². The summed E-state index contributed by atoms with van der Waals surface area (Å²) >= 11 is 0. The number of aryl methyl sites for hydroxylation is 2. The third-order valence-electron chi connectivity index (χ3n) is 4.73. The highest BCUT2D eigenvalue weighted by Gasteiger charge is 2.21. The number of nitrogens with one attached hydrogen (secondary N) is 2. The molecule has 0 radical (unpaired) electrons. The summed E-state index contributed by atoms with van der Waals surface area (Å²) in [4.78, 5) is 14.5. The monoisotopic (exact) mass is 341 g/mol. The molecule has 0 atom stereocenters. The van der Waals surface area contributed by atoms with Gasteiger partial charge in [0.25, 0.3) is 0 Å². The Bertz CT molecular complexity index is 703. The lowest BCUT2D eigenvalue weighted by Crippen LogP contribution is -2.47. The van der Waals surface area contributed by atoms with Crippen LogP contribution in [0.25, 0.3) is 0 Å². The number of anilines is 1. The molecule has 134 valence electrons. The normalized spacial score (nSPS) is 15.2. The highest BCUT2D eigenvalue weighted by Crippen LogP contribution is 2.21. The highest BCUT2D eigenvalue weighted by atomic mass is 16.2. The molecule has 0 unspecified atom stereocenters. The van der Waals surface area contributed by atoms with Gasteiger partial charge >= 0.3 is 6.03 Å². The average molecular weight is 341 g/mol. The molecular formula is C19H27N5O. The van der Waals surface area contributed by atoms with E-state index < -0.39 is 0 Å². The summed E-state index contributed by atoms with van der Waals surface area (Å²) in [6.45, 7) is 4.63. The number of urea groups is 1. The van der Waals surface area contributed by atoms with Gasteiger partial charge in [-0.25, -0.2) is 4.79 Å². The Labute approximate surface area is 149 Å². The van der Waals surface area contributed by atoms with E-state index in [1.54, 1.807) is 10.9 Å². The Morgan fingerprint density at radius 2 is 2.08 bits per heavy atom. The lowest BCUT2D eigenvalue weighted by Gasteiger charge is -2.34. The fourth-order valence-corrected chi connectivity index (χ4v) is 3.24. The van der Waals surface area contributed by atoms with Gasteiger partial charge in [0.05, 0.1) is 6.20 Å². The van der Waals surface area contributed by atoms with Crippen LogP contribution in [0.1, 0.15) is 30.9 Å². The van der Waals surface area contributed by atoms with E-state index in [4.69, 9.17) is 0 Å². The van der Waals surface area contributed by atoms with Gasteiger partial charge in [-0.05, 0) is 37.0 Å². The fourth-order valence-electron chi connectivity index (χ4n) is 3.24. The second-order valence-electron chi connectivity index (χ2n) is 6.63. The van der Waals surface area contributed by atoms with Crippen molar-refractivity contribution in [1.82, 2.24) is 20.4 Å². The number of benzene rings is 1. The van der Waals surface area contributed by atoms with E-state index in [1.807, 2.05) is 13.2 Å². The smallest absolute Gasteiger partial charge is 0.315 e. The molecule has 1 fully saturated rings. The zero-order valence-electron chi connectivity index (χ0n) is 15.0. The van der Waals surface area contributed by atoms with Crippen LogP contribution in [0, 0.1) is 0 Å². The molecule has 1 aromatic heterocycles. The van der Waals surface area contributed by atoms with Crippen molar-refractivity contribution >= 4 is 11.7 Å². The molecule has 0 saturated carbocycles. The van der Waals surface area contributed by atoms with Gasteiger partial charge in [-0.1, -0.05) is 19.1 Å². The van der Waals surface area contributed by atoms with Crippen LogP contribution < -0.4 is 15.5 Å². The van der Waals surface area contributed by atoms with Crippen LogP contribution in [0.2, 0.25) is 0 Å². The summed E-state index contributed by atoms with van der Waals surface area (Å²) in [5.41, 5.74) is 3.66. The van der Waals surface area contributed by atoms with E-state index >= 15 is 0 Å². The van der Waals surface area contributed by atoms with Gasteiger partial charge in [0.15, 0.2) is 0 Å². The van der Waals surface area contributed by atoms with Crippen molar-refractivity contribution in [3.05, 3.63) is 47.8 Å². The number of carbonyl (C=O) groups is 1. The van der Waals surface area contributed by atoms with Crippen molar-refractivity contribution in [2.45, 2.75) is 38.8 Å². The average Bonchev–Trinajstić information content (AvgIpc) is 3.06. The first-order chi connectivity index (χ1) is 12.1. The van der Waals surface area contributed by atoms with Gasteiger partial charge in [-0.2, -0.15) is 5.10 Å². The number of piperidine rings is 1. The molecule has 2 N–H and O–H groups in total. The number of aromatic nitrogens is 2. The minimum Gasteiger partial charge on any atom is -0.371 e. The zero-order valence-corrected chi connectivity index (χ0v) is 15.0. The summed E-state index contributed by atoms with van der Waals surface area (Å²) in [6, 6.07) is 8.88. The second-order valence-corrected chi connectivity index (χ2v) is 6.63. The van der Waals surface area contributed by atoms with Gasteiger partial charge in [0.2, 0.25) is 0 Å². The summed E-state index contributed by atoms with van der Waals surface area (Å²) < 4.78 is 1.73. The molecule has 0 spiro atoms. The third kappa shape index (κ3) is 4.75. The van der Waals surface area contributed by atoms with Gasteiger partial charge in [-0.3, -0.25) is 4.68 Å². The van der Waals surface area contributed by atoms with E-state index in [-0.39, 0.29) is 12.1 Å². The summed E-state index contributed by atoms with van der Waals surface area (Å²) in [5.74, 6) is 0. The molecule has 1 aliphatic rings. The maximum atomic E-state index is 12.1. The maximum absolute atomic E-state index is 12.1. The Morgan fingerprint density at radius 1 is 1.28 bits per heavy atom. The number of hydrogen-bond donors (Lipinski definition) is 2. The minimum atomic E-state index is -0.102. The molecule has 6 nitrogen and oxygen atoms in total. The first-order valence-electron chi connectivity index (χ1n) is 9.00. The number of carbonyl (C=O) groups excluding carboxylic acids is 1. The molecule has 6 heteroatoms. The van der Waals surface area contributed by atoms with Crippen molar-refractivity contribution in [2.75, 3.05) is 18.0 Å². The van der Waals surface area contributed by atoms with Crippen molar-refractivity contribution in [2.24, 2.45) is 7.05 Å². The number of hydrogen-bond acceptors (Lipinski definition) is 3. The highest BCUT2D eigenvalue weighted by molar-refractivity contribution is 5.74. The fraction of sp³-hybridized carbons (Fsp3) is 0.474. The topological polar surface area (TPSA) is 62.2 Å². The van der Waals surface area contributed by atoms with Crippen LogP contribution in [0.3, 0.4) is 0 Å². The zero-order chi connectivity index (χ0) is 17.6. The van der Waals surface area contributed by atoms with Crippen molar-refractivity contribution in [3.63, 3.8) is 0 Å².